The Balaban J connectivity index is 1.21. The molecule has 0 aromatic heterocycles. The summed E-state index contributed by atoms with van der Waals surface area (Å²) < 4.78 is 20.4. The van der Waals surface area contributed by atoms with Crippen LogP contribution in [0, 0.1) is 52.3 Å². The molecule has 0 spiro atoms. The lowest BCUT2D eigenvalue weighted by Crippen LogP contribution is -2.65. The van der Waals surface area contributed by atoms with Gasteiger partial charge in [-0.1, -0.05) is 65.0 Å². The van der Waals surface area contributed by atoms with Crippen LogP contribution in [-0.2, 0) is 14.9 Å². The molecular weight excluding hydrogens is 604 g/mol. The molecule has 0 saturated heterocycles. The van der Waals surface area contributed by atoms with Gasteiger partial charge in [-0.25, -0.2) is 0 Å². The van der Waals surface area contributed by atoms with Crippen LogP contribution < -0.4 is 9.47 Å². The maximum atomic E-state index is 13.2. The molecule has 11 atom stereocenters. The molecule has 0 bridgehead atoms. The molecular formula is C45H62O4. The van der Waals surface area contributed by atoms with Crippen molar-refractivity contribution in [1.82, 2.24) is 0 Å². The monoisotopic (exact) mass is 666 g/mol. The number of allylic oxidation sites excluding steroid dienone is 2. The van der Waals surface area contributed by atoms with E-state index in [1.807, 2.05) is 0 Å². The summed E-state index contributed by atoms with van der Waals surface area (Å²) in [7, 11) is 1.57. The summed E-state index contributed by atoms with van der Waals surface area (Å²) in [6.07, 6.45) is 19.3. The first-order valence-electron chi connectivity index (χ1n) is 19.6. The van der Waals surface area contributed by atoms with Crippen molar-refractivity contribution in [2.24, 2.45) is 45.3 Å². The lowest BCUT2D eigenvalue weighted by molar-refractivity contribution is -0.205. The number of hydrogen-bond acceptors (Lipinski definition) is 4. The molecule has 49 heavy (non-hydrogen) atoms. The number of carbonyl (C=O) groups is 1. The van der Waals surface area contributed by atoms with E-state index >= 15 is 0 Å². The number of carbonyl (C=O) groups excluding carboxylic acids is 1. The van der Waals surface area contributed by atoms with Gasteiger partial charge in [0.05, 0.1) is 12.5 Å². The number of esters is 1. The fourth-order valence-corrected chi connectivity index (χ4v) is 13.7. The number of ether oxygens (including phenoxy) is 3. The quantitative estimate of drug-likeness (QED) is 0.233. The number of methoxy groups -OCH3 is 1. The van der Waals surface area contributed by atoms with Crippen molar-refractivity contribution in [1.29, 1.82) is 0 Å². The number of hydrogen-bond donors (Lipinski definition) is 0. The van der Waals surface area contributed by atoms with E-state index in [9.17, 15) is 4.79 Å². The summed E-state index contributed by atoms with van der Waals surface area (Å²) in [5.41, 5.74) is 5.86. The van der Waals surface area contributed by atoms with Crippen molar-refractivity contribution in [3.05, 3.63) is 52.6 Å². The summed E-state index contributed by atoms with van der Waals surface area (Å²) in [5.74, 6) is 3.58. The molecule has 0 radical (unpaired) electrons. The molecule has 1 heterocycles. The Morgan fingerprint density at radius 1 is 0.939 bits per heavy atom. The van der Waals surface area contributed by atoms with Gasteiger partial charge in [0, 0.05) is 29.7 Å². The predicted octanol–water partition coefficient (Wildman–Crippen LogP) is 11.1. The molecule has 1 aromatic carbocycles. The van der Waals surface area contributed by atoms with E-state index < -0.39 is 11.0 Å². The Hall–Kier alpha value is -2.49. The maximum Gasteiger partial charge on any atom is 0.311 e. The molecule has 1 aliphatic heterocycles. The maximum absolute atomic E-state index is 13.2. The molecule has 266 valence electrons. The van der Waals surface area contributed by atoms with E-state index in [-0.39, 0.29) is 33.2 Å². The van der Waals surface area contributed by atoms with Crippen molar-refractivity contribution in [2.75, 3.05) is 7.11 Å². The second-order valence-corrected chi connectivity index (χ2v) is 19.6. The van der Waals surface area contributed by atoms with Gasteiger partial charge in [0.1, 0.15) is 0 Å². The van der Waals surface area contributed by atoms with E-state index in [0.29, 0.717) is 23.7 Å². The summed E-state index contributed by atoms with van der Waals surface area (Å²) in [6, 6.07) is 2.43. The SMILES string of the molecule is C=C(C)C1CCC(C)[C@@]23CC=C(C)[C@]2(C1)Oc1cc2c(c(C)c1O3)C=CC1[C@@]2(C)CC[C@@]2(C)C3C[C@](C)(C(=O)OC)CC[C@]3(C)CC[C@]12C. The van der Waals surface area contributed by atoms with E-state index in [2.05, 4.69) is 93.2 Å². The minimum Gasteiger partial charge on any atom is -0.478 e. The van der Waals surface area contributed by atoms with Crippen molar-refractivity contribution in [3.63, 3.8) is 0 Å². The van der Waals surface area contributed by atoms with Gasteiger partial charge in [0.15, 0.2) is 22.7 Å². The van der Waals surface area contributed by atoms with Crippen LogP contribution in [0.2, 0.25) is 0 Å². The summed E-state index contributed by atoms with van der Waals surface area (Å²) in [4.78, 5) is 13.2. The van der Waals surface area contributed by atoms with Gasteiger partial charge < -0.3 is 14.2 Å². The summed E-state index contributed by atoms with van der Waals surface area (Å²) >= 11 is 0. The van der Waals surface area contributed by atoms with Crippen LogP contribution in [0.3, 0.4) is 0 Å². The van der Waals surface area contributed by atoms with Gasteiger partial charge in [-0.3, -0.25) is 4.79 Å². The van der Waals surface area contributed by atoms with Gasteiger partial charge in [0.2, 0.25) is 0 Å². The Kier molecular flexibility index (Phi) is 7.08. The molecule has 4 nitrogen and oxygen atoms in total. The Morgan fingerprint density at radius 3 is 2.37 bits per heavy atom. The van der Waals surface area contributed by atoms with E-state index in [1.165, 1.54) is 47.1 Å². The highest BCUT2D eigenvalue weighted by atomic mass is 16.6. The van der Waals surface area contributed by atoms with Crippen molar-refractivity contribution in [2.45, 2.75) is 150 Å². The summed E-state index contributed by atoms with van der Waals surface area (Å²) in [6.45, 7) is 26.1. The van der Waals surface area contributed by atoms with E-state index in [1.54, 1.807) is 7.11 Å². The lowest BCUT2D eigenvalue weighted by atomic mass is 9.33. The van der Waals surface area contributed by atoms with Gasteiger partial charge in [-0.05, 0) is 142 Å². The second-order valence-electron chi connectivity index (χ2n) is 19.6. The van der Waals surface area contributed by atoms with Crippen LogP contribution >= 0.6 is 0 Å². The van der Waals surface area contributed by atoms with Crippen molar-refractivity contribution < 1.29 is 19.0 Å². The third-order valence-electron chi connectivity index (χ3n) is 17.4. The van der Waals surface area contributed by atoms with Crippen LogP contribution in [0.1, 0.15) is 143 Å². The van der Waals surface area contributed by atoms with Crippen LogP contribution in [0.15, 0.2) is 35.9 Å². The Labute approximate surface area is 296 Å². The molecule has 4 unspecified atom stereocenters. The standard InChI is InChI=1S/C45H62O4/c1-27(2)31-13-12-28(3)44-17-16-29(4)45(44,25-31)48-34-24-33-32(30(5)37(34)49-44)14-15-35-41(33,8)21-23-43(10)36-26-40(7,38(46)47-11)19-18-39(36,6)20-22-42(35,43)9/h14-16,24,28,31,35-36H,1,12-13,17-23,25-26H2,2-11H3/t28?,31?,35?,36?,39-,40-,41+,42-,43+,44+,45+/m1/s1. The molecule has 0 N–H and O–H groups in total. The van der Waals surface area contributed by atoms with Gasteiger partial charge in [-0.15, -0.1) is 0 Å². The fourth-order valence-electron chi connectivity index (χ4n) is 13.7. The van der Waals surface area contributed by atoms with Crippen molar-refractivity contribution in [3.8, 4) is 11.5 Å². The molecule has 0 amide bonds. The average molecular weight is 667 g/mol. The molecule has 1 aromatic rings. The molecule has 6 aliphatic carbocycles. The molecule has 4 saturated carbocycles. The first-order valence-corrected chi connectivity index (χ1v) is 19.6. The van der Waals surface area contributed by atoms with Gasteiger partial charge >= 0.3 is 5.97 Å². The van der Waals surface area contributed by atoms with Crippen molar-refractivity contribution >= 4 is 12.0 Å². The second kappa shape index (κ2) is 10.3. The normalized spacial score (nSPS) is 47.6. The minimum absolute atomic E-state index is 0.0146. The number of rotatable bonds is 2. The highest BCUT2D eigenvalue weighted by molar-refractivity contribution is 5.76. The first kappa shape index (κ1) is 33.6. The third-order valence-corrected chi connectivity index (χ3v) is 17.4. The number of benzene rings is 1. The predicted molar refractivity (Wildman–Crippen MR) is 198 cm³/mol. The Bertz CT molecular complexity index is 1700. The summed E-state index contributed by atoms with van der Waals surface area (Å²) in [5, 5.41) is 0. The van der Waals surface area contributed by atoms with E-state index in [4.69, 9.17) is 14.2 Å². The minimum atomic E-state index is -0.469. The zero-order valence-electron chi connectivity index (χ0n) is 32.2. The topological polar surface area (TPSA) is 44.8 Å². The van der Waals surface area contributed by atoms with Crippen LogP contribution in [0.25, 0.3) is 6.08 Å². The number of fused-ring (bicyclic) bond motifs is 8. The first-order chi connectivity index (χ1) is 22.9. The smallest absolute Gasteiger partial charge is 0.311 e. The highest BCUT2D eigenvalue weighted by Crippen LogP contribution is 2.75. The van der Waals surface area contributed by atoms with E-state index in [0.717, 1.165) is 62.9 Å². The fraction of sp³-hybridized carbons (Fsp3) is 0.711. The largest absolute Gasteiger partial charge is 0.478 e. The molecule has 4 heteroatoms. The molecule has 8 rings (SSSR count). The van der Waals surface area contributed by atoms with Crippen LogP contribution in [0.5, 0.6) is 11.5 Å². The highest BCUT2D eigenvalue weighted by Gasteiger charge is 2.69. The molecule has 7 aliphatic rings. The van der Waals surface area contributed by atoms with Crippen LogP contribution in [-0.4, -0.2) is 24.3 Å². The zero-order valence-corrected chi connectivity index (χ0v) is 32.2. The van der Waals surface area contributed by atoms with Gasteiger partial charge in [0.25, 0.3) is 0 Å². The van der Waals surface area contributed by atoms with Gasteiger partial charge in [-0.2, -0.15) is 0 Å². The molecule has 4 fully saturated rings. The van der Waals surface area contributed by atoms with Crippen LogP contribution in [0.4, 0.5) is 0 Å². The Morgan fingerprint density at radius 2 is 1.65 bits per heavy atom. The zero-order chi connectivity index (χ0) is 35.2. The average Bonchev–Trinajstić information content (AvgIpc) is 3.27. The third kappa shape index (κ3) is 4.01. The lowest BCUT2D eigenvalue weighted by Gasteiger charge is -2.71.